The van der Waals surface area contributed by atoms with Gasteiger partial charge in [0.1, 0.15) is 17.7 Å². The largest absolute Gasteiger partial charge is 0.457 e. The number of hydrogen-bond acceptors (Lipinski definition) is 6. The van der Waals surface area contributed by atoms with Crippen LogP contribution in [0, 0.1) is 11.3 Å². The predicted molar refractivity (Wildman–Crippen MR) is 139 cm³/mol. The van der Waals surface area contributed by atoms with Crippen molar-refractivity contribution in [1.29, 1.82) is 0 Å². The van der Waals surface area contributed by atoms with Crippen molar-refractivity contribution in [1.82, 2.24) is 15.5 Å². The third kappa shape index (κ3) is 7.11. The number of rotatable bonds is 8. The van der Waals surface area contributed by atoms with Gasteiger partial charge in [-0.15, -0.1) is 0 Å². The second-order valence-electron chi connectivity index (χ2n) is 11.3. The van der Waals surface area contributed by atoms with E-state index in [1.165, 1.54) is 6.92 Å². The zero-order valence-corrected chi connectivity index (χ0v) is 23.1. The Bertz CT molecular complexity index is 948. The molecule has 1 aromatic carbocycles. The Morgan fingerprint density at radius 3 is 2.28 bits per heavy atom. The van der Waals surface area contributed by atoms with Crippen LogP contribution in [0.25, 0.3) is 0 Å². The fourth-order valence-corrected chi connectivity index (χ4v) is 4.49. The Morgan fingerprint density at radius 2 is 1.78 bits per heavy atom. The smallest absolute Gasteiger partial charge is 0.323 e. The first kappa shape index (κ1) is 29.9. The lowest BCUT2D eigenvalue weighted by Gasteiger charge is -2.51. The van der Waals surface area contributed by atoms with Crippen LogP contribution in [0.3, 0.4) is 0 Å². The summed E-state index contributed by atoms with van der Waals surface area (Å²) in [5.41, 5.74) is 3.55. The first-order chi connectivity index (χ1) is 16.5. The van der Waals surface area contributed by atoms with Crippen molar-refractivity contribution < 1.29 is 24.2 Å². The van der Waals surface area contributed by atoms with Gasteiger partial charge in [0.2, 0.25) is 5.91 Å². The summed E-state index contributed by atoms with van der Waals surface area (Å²) in [7, 11) is 0. The highest BCUT2D eigenvalue weighted by Crippen LogP contribution is 2.46. The van der Waals surface area contributed by atoms with Crippen molar-refractivity contribution in [3.8, 4) is 0 Å². The highest BCUT2D eigenvalue weighted by atomic mass is 35.5. The number of likely N-dealkylation sites (tertiary alicyclic amines) is 1. The van der Waals surface area contributed by atoms with Gasteiger partial charge >= 0.3 is 12.0 Å². The molecule has 0 radical (unpaired) electrons. The number of ether oxygens (including phenoxy) is 1. The summed E-state index contributed by atoms with van der Waals surface area (Å²) in [6.45, 7) is 13.1. The zero-order chi connectivity index (χ0) is 27.5. The number of aliphatic hydroxyl groups is 1. The van der Waals surface area contributed by atoms with E-state index in [0.29, 0.717) is 24.5 Å². The molecule has 1 fully saturated rings. The van der Waals surface area contributed by atoms with Gasteiger partial charge in [0.05, 0.1) is 12.1 Å². The summed E-state index contributed by atoms with van der Waals surface area (Å²) in [6, 6.07) is 5.05. The van der Waals surface area contributed by atoms with E-state index in [0.717, 1.165) is 5.56 Å². The average molecular weight is 525 g/mol. The maximum Gasteiger partial charge on any atom is 0.323 e. The molecule has 0 aromatic heterocycles. The molecule has 10 heteroatoms. The summed E-state index contributed by atoms with van der Waals surface area (Å²) in [5.74, 6) is -0.954. The molecule has 1 heterocycles. The quantitative estimate of drug-likeness (QED) is 0.386. The Kier molecular flexibility index (Phi) is 9.42. The van der Waals surface area contributed by atoms with E-state index in [-0.39, 0.29) is 18.4 Å². The van der Waals surface area contributed by atoms with E-state index < -0.39 is 40.7 Å². The van der Waals surface area contributed by atoms with E-state index in [1.807, 2.05) is 39.8 Å². The number of piperidine rings is 1. The molecule has 36 heavy (non-hydrogen) atoms. The van der Waals surface area contributed by atoms with Gasteiger partial charge in [-0.2, -0.15) is 0 Å². The molecule has 1 aliphatic rings. The minimum Gasteiger partial charge on any atom is -0.457 e. The van der Waals surface area contributed by atoms with Crippen LogP contribution in [0.5, 0.6) is 0 Å². The van der Waals surface area contributed by atoms with E-state index >= 15 is 0 Å². The molecule has 1 aromatic rings. The van der Waals surface area contributed by atoms with Crippen molar-refractivity contribution in [2.75, 3.05) is 19.6 Å². The summed E-state index contributed by atoms with van der Waals surface area (Å²) >= 11 is 6.02. The molecule has 5 N–H and O–H groups in total. The second kappa shape index (κ2) is 11.4. The van der Waals surface area contributed by atoms with Crippen LogP contribution in [0.1, 0.15) is 60.5 Å². The van der Waals surface area contributed by atoms with E-state index in [4.69, 9.17) is 22.1 Å². The van der Waals surface area contributed by atoms with Gasteiger partial charge in [-0.25, -0.2) is 4.79 Å². The molecule has 3 amide bonds. The van der Waals surface area contributed by atoms with Crippen molar-refractivity contribution in [2.24, 2.45) is 17.1 Å². The lowest BCUT2D eigenvalue weighted by molar-refractivity contribution is -0.157. The fourth-order valence-electron chi connectivity index (χ4n) is 4.37. The Labute approximate surface area is 219 Å². The Hall–Kier alpha value is -2.36. The maximum absolute atomic E-state index is 13.5. The van der Waals surface area contributed by atoms with Crippen LogP contribution >= 0.6 is 11.6 Å². The summed E-state index contributed by atoms with van der Waals surface area (Å²) in [6.07, 6.45) is 0.351. The number of carbonyl (C=O) groups is 3. The minimum absolute atomic E-state index is 0.0428. The van der Waals surface area contributed by atoms with E-state index in [9.17, 15) is 19.5 Å². The van der Waals surface area contributed by atoms with Crippen LogP contribution in [0.4, 0.5) is 4.79 Å². The van der Waals surface area contributed by atoms with Crippen molar-refractivity contribution in [3.63, 3.8) is 0 Å². The molecular formula is C26H41ClN4O5. The van der Waals surface area contributed by atoms with E-state index in [1.54, 1.807) is 30.9 Å². The van der Waals surface area contributed by atoms with Crippen molar-refractivity contribution in [3.05, 3.63) is 34.9 Å². The number of urea groups is 1. The summed E-state index contributed by atoms with van der Waals surface area (Å²) in [4.78, 5) is 39.6. The van der Waals surface area contributed by atoms with Crippen LogP contribution in [-0.2, 0) is 19.9 Å². The van der Waals surface area contributed by atoms with Gasteiger partial charge in [-0.1, -0.05) is 51.4 Å². The first-order valence-electron chi connectivity index (χ1n) is 12.3. The fraction of sp³-hybridized carbons (Fsp3) is 0.654. The number of esters is 1. The number of nitrogens with two attached hydrogens (primary N) is 1. The highest BCUT2D eigenvalue weighted by Gasteiger charge is 2.50. The Morgan fingerprint density at radius 1 is 1.19 bits per heavy atom. The number of halogens is 1. The molecule has 3 atom stereocenters. The topological polar surface area (TPSA) is 134 Å². The number of carbonyl (C=O) groups excluding carboxylic acids is 3. The van der Waals surface area contributed by atoms with Crippen LogP contribution in [-0.4, -0.2) is 65.2 Å². The number of nitrogens with zero attached hydrogens (tertiary/aromatic N) is 1. The van der Waals surface area contributed by atoms with Gasteiger partial charge in [-0.3, -0.25) is 9.59 Å². The average Bonchev–Trinajstić information content (AvgIpc) is 2.77. The number of hydrogen-bond donors (Lipinski definition) is 4. The van der Waals surface area contributed by atoms with Gasteiger partial charge < -0.3 is 31.1 Å². The van der Waals surface area contributed by atoms with Crippen molar-refractivity contribution >= 4 is 29.5 Å². The molecule has 2 rings (SSSR count). The van der Waals surface area contributed by atoms with Crippen LogP contribution in [0.2, 0.25) is 5.02 Å². The molecule has 9 nitrogen and oxygen atoms in total. The molecule has 0 spiro atoms. The zero-order valence-electron chi connectivity index (χ0n) is 22.4. The normalized spacial score (nSPS) is 21.5. The lowest BCUT2D eigenvalue weighted by atomic mass is 9.66. The third-order valence-electron chi connectivity index (χ3n) is 6.73. The monoisotopic (exact) mass is 524 g/mol. The molecule has 0 unspecified atom stereocenters. The molecule has 1 aliphatic heterocycles. The number of nitrogens with one attached hydrogen (secondary N) is 2. The lowest BCUT2D eigenvalue weighted by Crippen LogP contribution is -2.61. The van der Waals surface area contributed by atoms with Crippen LogP contribution in [0.15, 0.2) is 24.3 Å². The van der Waals surface area contributed by atoms with Crippen molar-refractivity contribution in [2.45, 2.75) is 78.2 Å². The SMILES string of the molecule is CC(C)[C@@H](NC(=O)NCC(C)(C)OC(=O)[C@H](C)N)C(=O)N1CC[C@](O)(c2ccc(Cl)cc2)C(C)(C)C1. The molecule has 0 aliphatic carbocycles. The van der Waals surface area contributed by atoms with Gasteiger partial charge in [-0.05, 0) is 50.8 Å². The molecule has 202 valence electrons. The molecule has 0 bridgehead atoms. The van der Waals surface area contributed by atoms with E-state index in [2.05, 4.69) is 10.6 Å². The van der Waals surface area contributed by atoms with Gasteiger partial charge in [0.15, 0.2) is 0 Å². The maximum atomic E-state index is 13.5. The molecule has 1 saturated heterocycles. The highest BCUT2D eigenvalue weighted by molar-refractivity contribution is 6.30. The summed E-state index contributed by atoms with van der Waals surface area (Å²) < 4.78 is 5.32. The van der Waals surface area contributed by atoms with Gasteiger partial charge in [0, 0.05) is 23.5 Å². The number of benzene rings is 1. The van der Waals surface area contributed by atoms with Crippen LogP contribution < -0.4 is 16.4 Å². The van der Waals surface area contributed by atoms with Gasteiger partial charge in [0.25, 0.3) is 0 Å². The minimum atomic E-state index is -1.13. The Balaban J connectivity index is 2.05. The molecular weight excluding hydrogens is 484 g/mol. The standard InChI is InChI=1S/C26H41ClN4O5/c1-16(2)20(30-23(34)29-14-25(6,7)36-22(33)17(3)28)21(32)31-13-12-26(35,24(4,5)15-31)18-8-10-19(27)11-9-18/h8-11,16-17,20,35H,12-15,28H2,1-7H3,(H2,29,30,34)/t17-,20+,26-/m0/s1. The first-order valence-corrected chi connectivity index (χ1v) is 12.7. The summed E-state index contributed by atoms with van der Waals surface area (Å²) in [5, 5.41) is 17.6. The third-order valence-corrected chi connectivity index (χ3v) is 6.98. The number of amides is 3. The second-order valence-corrected chi connectivity index (χ2v) is 11.7. The molecule has 0 saturated carbocycles. The predicted octanol–water partition coefficient (Wildman–Crippen LogP) is 2.78.